The highest BCUT2D eigenvalue weighted by Gasteiger charge is 2.17. The third-order valence-corrected chi connectivity index (χ3v) is 4.45. The molecule has 0 N–H and O–H groups in total. The second-order valence-corrected chi connectivity index (χ2v) is 6.06. The zero-order valence-corrected chi connectivity index (χ0v) is 12.8. The summed E-state index contributed by atoms with van der Waals surface area (Å²) in [4.78, 5) is 2.53. The maximum Gasteiger partial charge on any atom is 0.161 e. The van der Waals surface area contributed by atoms with Gasteiger partial charge in [0.1, 0.15) is 13.2 Å². The molecule has 114 valence electrons. The highest BCUT2D eigenvalue weighted by Crippen LogP contribution is 2.31. The first-order valence-corrected chi connectivity index (χ1v) is 8.06. The van der Waals surface area contributed by atoms with Gasteiger partial charge in [-0.1, -0.05) is 30.3 Å². The Kier molecular flexibility index (Phi) is 3.73. The van der Waals surface area contributed by atoms with Gasteiger partial charge in [0.05, 0.1) is 0 Å². The van der Waals surface area contributed by atoms with Gasteiger partial charge in [-0.05, 0) is 48.2 Å². The third kappa shape index (κ3) is 2.81. The molecule has 2 aromatic carbocycles. The van der Waals surface area contributed by atoms with Crippen LogP contribution in [0.5, 0.6) is 11.5 Å². The van der Waals surface area contributed by atoms with Crippen LogP contribution in [0.4, 0.5) is 0 Å². The van der Waals surface area contributed by atoms with E-state index in [0.717, 1.165) is 37.6 Å². The molecule has 0 radical (unpaired) electrons. The molecule has 3 heteroatoms. The number of aryl methyl sites for hydroxylation is 1. The number of hydrogen-bond donors (Lipinski definition) is 0. The standard InChI is InChI=1S/C19H21NO2/c1-2-6-17-14-20(13-16(17)5-1)9-3-4-15-7-8-18-19(12-15)22-11-10-21-18/h1-2,5-8,12H,3-4,9-11,13-14H2. The van der Waals surface area contributed by atoms with Crippen LogP contribution in [0, 0.1) is 0 Å². The third-order valence-electron chi connectivity index (χ3n) is 4.45. The summed E-state index contributed by atoms with van der Waals surface area (Å²) in [6.45, 7) is 4.64. The number of rotatable bonds is 4. The summed E-state index contributed by atoms with van der Waals surface area (Å²) in [6, 6.07) is 15.1. The van der Waals surface area contributed by atoms with Crippen LogP contribution < -0.4 is 9.47 Å². The molecule has 0 aromatic heterocycles. The average molecular weight is 295 g/mol. The molecule has 0 bridgehead atoms. The number of hydrogen-bond acceptors (Lipinski definition) is 3. The maximum absolute atomic E-state index is 5.65. The van der Waals surface area contributed by atoms with Gasteiger partial charge in [-0.25, -0.2) is 0 Å². The second kappa shape index (κ2) is 6.01. The van der Waals surface area contributed by atoms with Crippen LogP contribution in [-0.4, -0.2) is 24.7 Å². The molecule has 2 aliphatic rings. The van der Waals surface area contributed by atoms with Crippen LogP contribution in [0.3, 0.4) is 0 Å². The predicted octanol–water partition coefficient (Wildman–Crippen LogP) is 3.41. The van der Waals surface area contributed by atoms with E-state index in [1.165, 1.54) is 23.1 Å². The lowest BCUT2D eigenvalue weighted by molar-refractivity contribution is 0.171. The smallest absolute Gasteiger partial charge is 0.161 e. The molecule has 0 saturated heterocycles. The van der Waals surface area contributed by atoms with Gasteiger partial charge >= 0.3 is 0 Å². The largest absolute Gasteiger partial charge is 0.486 e. The van der Waals surface area contributed by atoms with E-state index in [-0.39, 0.29) is 0 Å². The van der Waals surface area contributed by atoms with Gasteiger partial charge in [-0.3, -0.25) is 4.90 Å². The first-order chi connectivity index (χ1) is 10.9. The van der Waals surface area contributed by atoms with E-state index >= 15 is 0 Å². The van der Waals surface area contributed by atoms with Crippen molar-refractivity contribution < 1.29 is 9.47 Å². The van der Waals surface area contributed by atoms with Crippen LogP contribution in [-0.2, 0) is 19.5 Å². The molecule has 0 fully saturated rings. The van der Waals surface area contributed by atoms with E-state index in [1.54, 1.807) is 0 Å². The first kappa shape index (κ1) is 13.6. The van der Waals surface area contributed by atoms with Crippen LogP contribution in [0.15, 0.2) is 42.5 Å². The summed E-state index contributed by atoms with van der Waals surface area (Å²) in [5.41, 5.74) is 4.31. The van der Waals surface area contributed by atoms with E-state index in [2.05, 4.69) is 41.3 Å². The zero-order chi connectivity index (χ0) is 14.8. The molecule has 0 unspecified atom stereocenters. The van der Waals surface area contributed by atoms with Crippen LogP contribution >= 0.6 is 0 Å². The summed E-state index contributed by atoms with van der Waals surface area (Å²) in [5, 5.41) is 0. The Morgan fingerprint density at radius 2 is 1.59 bits per heavy atom. The SMILES string of the molecule is c1ccc2c(c1)CN(CCCc1ccc3c(c1)OCCO3)C2. The van der Waals surface area contributed by atoms with Gasteiger partial charge in [-0.15, -0.1) is 0 Å². The van der Waals surface area contributed by atoms with Crippen molar-refractivity contribution >= 4 is 0 Å². The molecule has 2 aliphatic heterocycles. The molecule has 22 heavy (non-hydrogen) atoms. The lowest BCUT2D eigenvalue weighted by atomic mass is 10.1. The summed E-state index contributed by atoms with van der Waals surface area (Å²) >= 11 is 0. The van der Waals surface area contributed by atoms with Crippen molar-refractivity contribution in [3.8, 4) is 11.5 Å². The molecule has 3 nitrogen and oxygen atoms in total. The lowest BCUT2D eigenvalue weighted by Gasteiger charge is -2.19. The number of fused-ring (bicyclic) bond motifs is 2. The van der Waals surface area contributed by atoms with Crippen molar-refractivity contribution in [2.24, 2.45) is 0 Å². The molecule has 0 spiro atoms. The minimum atomic E-state index is 0.655. The lowest BCUT2D eigenvalue weighted by Crippen LogP contribution is -2.18. The molecule has 2 aromatic rings. The summed E-state index contributed by atoms with van der Waals surface area (Å²) in [7, 11) is 0. The van der Waals surface area contributed by atoms with Crippen molar-refractivity contribution in [2.45, 2.75) is 25.9 Å². The first-order valence-electron chi connectivity index (χ1n) is 8.06. The Balaban J connectivity index is 1.31. The molecule has 0 saturated carbocycles. The summed E-state index contributed by atoms with van der Waals surface area (Å²) < 4.78 is 11.2. The zero-order valence-electron chi connectivity index (χ0n) is 12.8. The van der Waals surface area contributed by atoms with Crippen molar-refractivity contribution in [3.05, 3.63) is 59.2 Å². The van der Waals surface area contributed by atoms with Crippen molar-refractivity contribution in [3.63, 3.8) is 0 Å². The minimum Gasteiger partial charge on any atom is -0.486 e. The highest BCUT2D eigenvalue weighted by atomic mass is 16.6. The monoisotopic (exact) mass is 295 g/mol. The van der Waals surface area contributed by atoms with Gasteiger partial charge in [0.2, 0.25) is 0 Å². The van der Waals surface area contributed by atoms with E-state index in [9.17, 15) is 0 Å². The summed E-state index contributed by atoms with van der Waals surface area (Å²) in [6.07, 6.45) is 2.26. The van der Waals surface area contributed by atoms with Crippen LogP contribution in [0.1, 0.15) is 23.1 Å². The Labute approximate surface area is 131 Å². The average Bonchev–Trinajstić information content (AvgIpc) is 2.97. The fourth-order valence-corrected chi connectivity index (χ4v) is 3.31. The quantitative estimate of drug-likeness (QED) is 0.863. The van der Waals surface area contributed by atoms with E-state index in [1.807, 2.05) is 6.07 Å². The van der Waals surface area contributed by atoms with Gasteiger partial charge in [-0.2, -0.15) is 0 Å². The fraction of sp³-hybridized carbons (Fsp3) is 0.368. The van der Waals surface area contributed by atoms with Crippen molar-refractivity contribution in [1.82, 2.24) is 4.90 Å². The topological polar surface area (TPSA) is 21.7 Å². The Morgan fingerprint density at radius 1 is 0.864 bits per heavy atom. The van der Waals surface area contributed by atoms with Gasteiger partial charge in [0.15, 0.2) is 11.5 Å². The maximum atomic E-state index is 5.65. The van der Waals surface area contributed by atoms with Gasteiger partial charge < -0.3 is 9.47 Å². The fourth-order valence-electron chi connectivity index (χ4n) is 3.31. The molecule has 0 aliphatic carbocycles. The van der Waals surface area contributed by atoms with Crippen molar-refractivity contribution in [1.29, 1.82) is 0 Å². The van der Waals surface area contributed by atoms with E-state index in [4.69, 9.17) is 9.47 Å². The molecule has 0 amide bonds. The number of nitrogens with zero attached hydrogens (tertiary/aromatic N) is 1. The second-order valence-electron chi connectivity index (χ2n) is 6.06. The molecule has 2 heterocycles. The number of ether oxygens (including phenoxy) is 2. The highest BCUT2D eigenvalue weighted by molar-refractivity contribution is 5.43. The van der Waals surface area contributed by atoms with Gasteiger partial charge in [0.25, 0.3) is 0 Å². The predicted molar refractivity (Wildman–Crippen MR) is 86.3 cm³/mol. The Hall–Kier alpha value is -2.00. The normalized spacial score (nSPS) is 16.5. The summed E-state index contributed by atoms with van der Waals surface area (Å²) in [5.74, 6) is 1.78. The van der Waals surface area contributed by atoms with E-state index < -0.39 is 0 Å². The molecular formula is C19H21NO2. The molecule has 0 atom stereocenters. The van der Waals surface area contributed by atoms with Gasteiger partial charge in [0, 0.05) is 13.1 Å². The Morgan fingerprint density at radius 3 is 2.36 bits per heavy atom. The van der Waals surface area contributed by atoms with Crippen LogP contribution in [0.2, 0.25) is 0 Å². The van der Waals surface area contributed by atoms with Crippen LogP contribution in [0.25, 0.3) is 0 Å². The number of benzene rings is 2. The van der Waals surface area contributed by atoms with Crippen molar-refractivity contribution in [2.75, 3.05) is 19.8 Å². The molecule has 4 rings (SSSR count). The molecular weight excluding hydrogens is 274 g/mol. The minimum absolute atomic E-state index is 0.655. The Bertz CT molecular complexity index is 643. The van der Waals surface area contributed by atoms with E-state index in [0.29, 0.717) is 13.2 Å².